The minimum Gasteiger partial charge on any atom is -0.497 e. The van der Waals surface area contributed by atoms with Crippen molar-refractivity contribution in [2.45, 2.75) is 12.5 Å². The number of rotatable bonds is 8. The first-order valence-corrected chi connectivity index (χ1v) is 8.46. The molecule has 1 unspecified atom stereocenters. The number of halogens is 1. The van der Waals surface area contributed by atoms with Crippen molar-refractivity contribution in [1.29, 1.82) is 0 Å². The molecule has 27 heavy (non-hydrogen) atoms. The number of amides is 1. The van der Waals surface area contributed by atoms with Crippen LogP contribution in [0.2, 0.25) is 0 Å². The fourth-order valence-electron chi connectivity index (χ4n) is 2.42. The maximum Gasteiger partial charge on any atom is 0.414 e. The molecule has 1 amide bonds. The van der Waals surface area contributed by atoms with Crippen molar-refractivity contribution in [2.75, 3.05) is 34.9 Å². The summed E-state index contributed by atoms with van der Waals surface area (Å²) in [6.45, 7) is 0.566. The molecular weight excluding hydrogens is 368 g/mol. The van der Waals surface area contributed by atoms with Crippen molar-refractivity contribution in [3.05, 3.63) is 54.1 Å². The molecule has 0 spiro atoms. The molecule has 1 atom stereocenters. The van der Waals surface area contributed by atoms with Crippen LogP contribution in [0.15, 0.2) is 48.5 Å². The summed E-state index contributed by atoms with van der Waals surface area (Å²) >= 11 is 0. The van der Waals surface area contributed by atoms with Crippen LogP contribution < -0.4 is 19.5 Å². The zero-order valence-corrected chi connectivity index (χ0v) is 16.9. The van der Waals surface area contributed by atoms with Crippen LogP contribution in [0.3, 0.4) is 0 Å². The van der Waals surface area contributed by atoms with Gasteiger partial charge in [0.15, 0.2) is 0 Å². The van der Waals surface area contributed by atoms with Gasteiger partial charge in [0.05, 0.1) is 13.7 Å². The highest BCUT2D eigenvalue weighted by Crippen LogP contribution is 2.22. The van der Waals surface area contributed by atoms with Crippen LogP contribution in [0, 0.1) is 0 Å². The lowest BCUT2D eigenvalue weighted by molar-refractivity contribution is 0.172. The van der Waals surface area contributed by atoms with Crippen LogP contribution in [0.5, 0.6) is 17.2 Å². The Labute approximate surface area is 166 Å². The molecule has 0 heterocycles. The summed E-state index contributed by atoms with van der Waals surface area (Å²) in [6, 6.07) is 15.2. The molecule has 6 nitrogen and oxygen atoms in total. The van der Waals surface area contributed by atoms with Crippen LogP contribution in [-0.2, 0) is 0 Å². The number of carbonyl (C=O) groups is 1. The molecule has 0 aliphatic heterocycles. The molecule has 0 saturated heterocycles. The molecule has 7 heteroatoms. The van der Waals surface area contributed by atoms with Crippen molar-refractivity contribution in [3.8, 4) is 17.2 Å². The standard InChI is InChI=1S/C20H26N2O4.ClH/c1-21-19(12-13-25-18-7-5-6-17(14-18)24-4)15-8-10-16(11-9-15)26-20(23)22(2)3;/h5-11,14,19,21H,12-13H2,1-4H3;1H. The van der Waals surface area contributed by atoms with Gasteiger partial charge in [-0.2, -0.15) is 0 Å². The van der Waals surface area contributed by atoms with Crippen LogP contribution >= 0.6 is 12.4 Å². The van der Waals surface area contributed by atoms with Crippen LogP contribution in [0.4, 0.5) is 4.79 Å². The molecule has 0 bridgehead atoms. The Morgan fingerprint density at radius 1 is 1.07 bits per heavy atom. The van der Waals surface area contributed by atoms with Crippen molar-refractivity contribution >= 4 is 18.5 Å². The van der Waals surface area contributed by atoms with Gasteiger partial charge in [-0.15, -0.1) is 12.4 Å². The molecule has 0 aliphatic rings. The van der Waals surface area contributed by atoms with Gasteiger partial charge in [-0.1, -0.05) is 18.2 Å². The summed E-state index contributed by atoms with van der Waals surface area (Å²) < 4.78 is 16.2. The lowest BCUT2D eigenvalue weighted by Gasteiger charge is -2.18. The minimum atomic E-state index is -0.394. The summed E-state index contributed by atoms with van der Waals surface area (Å²) in [7, 11) is 6.85. The van der Waals surface area contributed by atoms with Gasteiger partial charge in [-0.3, -0.25) is 0 Å². The average molecular weight is 395 g/mol. The number of carbonyl (C=O) groups excluding carboxylic acids is 1. The lowest BCUT2D eigenvalue weighted by atomic mass is 10.0. The highest BCUT2D eigenvalue weighted by atomic mass is 35.5. The number of hydrogen-bond donors (Lipinski definition) is 1. The van der Waals surface area contributed by atoms with Crippen molar-refractivity contribution in [3.63, 3.8) is 0 Å². The van der Waals surface area contributed by atoms with E-state index in [1.165, 1.54) is 4.90 Å². The first kappa shape index (κ1) is 22.6. The monoisotopic (exact) mass is 394 g/mol. The molecular formula is C20H27ClN2O4. The molecule has 0 radical (unpaired) electrons. The molecule has 0 saturated carbocycles. The maximum atomic E-state index is 11.6. The quantitative estimate of drug-likeness (QED) is 0.735. The summed E-state index contributed by atoms with van der Waals surface area (Å²) in [5, 5.41) is 3.28. The van der Waals surface area contributed by atoms with E-state index in [1.807, 2.05) is 43.4 Å². The van der Waals surface area contributed by atoms with Gasteiger partial charge >= 0.3 is 6.09 Å². The molecule has 2 rings (SSSR count). The van der Waals surface area contributed by atoms with E-state index in [0.717, 1.165) is 23.5 Å². The second kappa shape index (κ2) is 11.3. The topological polar surface area (TPSA) is 60.0 Å². The first-order valence-electron chi connectivity index (χ1n) is 8.46. The van der Waals surface area contributed by atoms with Gasteiger partial charge < -0.3 is 24.4 Å². The number of nitrogens with one attached hydrogen (secondary N) is 1. The van der Waals surface area contributed by atoms with Crippen LogP contribution in [0.1, 0.15) is 18.0 Å². The molecule has 2 aromatic rings. The van der Waals surface area contributed by atoms with Crippen molar-refractivity contribution in [2.24, 2.45) is 0 Å². The summed E-state index contributed by atoms with van der Waals surface area (Å²) in [4.78, 5) is 13.0. The zero-order chi connectivity index (χ0) is 18.9. The summed E-state index contributed by atoms with van der Waals surface area (Å²) in [5.74, 6) is 2.08. The second-order valence-corrected chi connectivity index (χ2v) is 5.99. The Morgan fingerprint density at radius 2 is 1.74 bits per heavy atom. The summed E-state index contributed by atoms with van der Waals surface area (Å²) in [5.41, 5.74) is 1.10. The molecule has 0 fully saturated rings. The lowest BCUT2D eigenvalue weighted by Crippen LogP contribution is -2.25. The van der Waals surface area contributed by atoms with E-state index in [4.69, 9.17) is 14.2 Å². The van der Waals surface area contributed by atoms with Gasteiger partial charge in [0.1, 0.15) is 17.2 Å². The van der Waals surface area contributed by atoms with Gasteiger partial charge in [0.25, 0.3) is 0 Å². The Bertz CT molecular complexity index is 707. The molecule has 148 valence electrons. The Hall–Kier alpha value is -2.44. The Balaban J connectivity index is 0.00000364. The fraction of sp³-hybridized carbons (Fsp3) is 0.350. The number of ether oxygens (including phenoxy) is 3. The molecule has 1 N–H and O–H groups in total. The van der Waals surface area contributed by atoms with Crippen LogP contribution in [0.25, 0.3) is 0 Å². The van der Waals surface area contributed by atoms with E-state index in [1.54, 1.807) is 33.3 Å². The van der Waals surface area contributed by atoms with Gasteiger partial charge in [0, 0.05) is 32.6 Å². The third-order valence-electron chi connectivity index (χ3n) is 3.92. The van der Waals surface area contributed by atoms with Crippen molar-refractivity contribution in [1.82, 2.24) is 10.2 Å². The number of nitrogens with zero attached hydrogens (tertiary/aromatic N) is 1. The molecule has 0 aromatic heterocycles. The van der Waals surface area contributed by atoms with E-state index >= 15 is 0 Å². The van der Waals surface area contributed by atoms with E-state index in [2.05, 4.69) is 5.32 Å². The largest absolute Gasteiger partial charge is 0.497 e. The zero-order valence-electron chi connectivity index (χ0n) is 16.1. The van der Waals surface area contributed by atoms with Gasteiger partial charge in [-0.25, -0.2) is 4.79 Å². The smallest absolute Gasteiger partial charge is 0.414 e. The normalized spacial score (nSPS) is 11.1. The number of hydrogen-bond acceptors (Lipinski definition) is 5. The number of benzene rings is 2. The fourth-order valence-corrected chi connectivity index (χ4v) is 2.42. The highest BCUT2D eigenvalue weighted by molar-refractivity contribution is 5.85. The second-order valence-electron chi connectivity index (χ2n) is 5.99. The van der Waals surface area contributed by atoms with Gasteiger partial charge in [-0.05, 0) is 36.9 Å². The maximum absolute atomic E-state index is 11.6. The van der Waals surface area contributed by atoms with Crippen molar-refractivity contribution < 1.29 is 19.0 Å². The van der Waals surface area contributed by atoms with E-state index < -0.39 is 6.09 Å². The Morgan fingerprint density at radius 3 is 2.33 bits per heavy atom. The predicted octanol–water partition coefficient (Wildman–Crippen LogP) is 3.91. The summed E-state index contributed by atoms with van der Waals surface area (Å²) in [6.07, 6.45) is 0.402. The molecule has 2 aromatic carbocycles. The molecule has 0 aliphatic carbocycles. The van der Waals surface area contributed by atoms with Crippen LogP contribution in [-0.4, -0.2) is 45.9 Å². The predicted molar refractivity (Wildman–Crippen MR) is 108 cm³/mol. The third-order valence-corrected chi connectivity index (χ3v) is 3.92. The minimum absolute atomic E-state index is 0. The average Bonchev–Trinajstić information content (AvgIpc) is 2.66. The van der Waals surface area contributed by atoms with E-state index in [0.29, 0.717) is 12.4 Å². The highest BCUT2D eigenvalue weighted by Gasteiger charge is 2.11. The SMILES string of the molecule is CNC(CCOc1cccc(OC)c1)c1ccc(OC(=O)N(C)C)cc1.Cl. The number of methoxy groups -OCH3 is 1. The third kappa shape index (κ3) is 7.00. The van der Waals surface area contributed by atoms with E-state index in [9.17, 15) is 4.79 Å². The van der Waals surface area contributed by atoms with Gasteiger partial charge in [0.2, 0.25) is 0 Å². The van der Waals surface area contributed by atoms with E-state index in [-0.39, 0.29) is 18.4 Å². The Kier molecular flexibility index (Phi) is 9.47. The first-order chi connectivity index (χ1) is 12.5.